The molecule has 9 heteroatoms. The molecule has 1 aromatic heterocycles. The van der Waals surface area contributed by atoms with E-state index >= 15 is 0 Å². The van der Waals surface area contributed by atoms with E-state index in [0.717, 1.165) is 26.7 Å². The Kier molecular flexibility index (Phi) is 6.11. The first-order valence-corrected chi connectivity index (χ1v) is 12.4. The Morgan fingerprint density at radius 1 is 0.938 bits per heavy atom. The zero-order chi connectivity index (χ0) is 21.9. The number of rotatable bonds is 6. The first-order chi connectivity index (χ1) is 15.7. The molecule has 3 aromatic carbocycles. The van der Waals surface area contributed by atoms with Crippen molar-refractivity contribution in [3.63, 3.8) is 0 Å². The Morgan fingerprint density at radius 3 is 2.28 bits per heavy atom. The van der Waals surface area contributed by atoms with Gasteiger partial charge in [-0.2, -0.15) is 0 Å². The van der Waals surface area contributed by atoms with Gasteiger partial charge in [0.15, 0.2) is 4.34 Å². The van der Waals surface area contributed by atoms with Gasteiger partial charge in [-0.05, 0) is 42.0 Å². The molecule has 160 valence electrons. The normalized spacial score (nSPS) is 12.2. The molecule has 0 aliphatic carbocycles. The molecule has 0 bridgehead atoms. The lowest BCUT2D eigenvalue weighted by molar-refractivity contribution is -0.115. The number of nitrogens with one attached hydrogen (secondary N) is 1. The van der Waals surface area contributed by atoms with Crippen molar-refractivity contribution < 1.29 is 9.18 Å². The lowest BCUT2D eigenvalue weighted by Crippen LogP contribution is -2.29. The third kappa shape index (κ3) is 4.50. The summed E-state index contributed by atoms with van der Waals surface area (Å²) in [5.41, 5.74) is 2.76. The van der Waals surface area contributed by atoms with Crippen LogP contribution in [0.15, 0.2) is 86.9 Å². The second-order valence-corrected chi connectivity index (χ2v) is 10.2. The van der Waals surface area contributed by atoms with Crippen molar-refractivity contribution in [2.75, 3.05) is 16.0 Å². The van der Waals surface area contributed by atoms with Gasteiger partial charge in [0.1, 0.15) is 5.82 Å². The van der Waals surface area contributed by atoms with E-state index in [0.29, 0.717) is 16.0 Å². The summed E-state index contributed by atoms with van der Waals surface area (Å²) in [5.74, 6) is -0.0169. The van der Waals surface area contributed by atoms with Gasteiger partial charge in [-0.3, -0.25) is 9.69 Å². The molecule has 32 heavy (non-hydrogen) atoms. The van der Waals surface area contributed by atoms with Gasteiger partial charge in [0.25, 0.3) is 0 Å². The number of hydrogen-bond donors (Lipinski definition) is 1. The van der Waals surface area contributed by atoms with E-state index in [2.05, 4.69) is 15.5 Å². The van der Waals surface area contributed by atoms with Gasteiger partial charge in [0.05, 0.1) is 17.1 Å². The number of amides is 1. The van der Waals surface area contributed by atoms with Crippen LogP contribution in [0, 0.1) is 5.82 Å². The van der Waals surface area contributed by atoms with Crippen molar-refractivity contribution >= 4 is 57.3 Å². The zero-order valence-electron chi connectivity index (χ0n) is 16.7. The number of para-hydroxylation sites is 2. The van der Waals surface area contributed by atoms with E-state index in [1.807, 2.05) is 48.5 Å². The minimum absolute atomic E-state index is 0.00813. The van der Waals surface area contributed by atoms with Crippen molar-refractivity contribution in [3.05, 3.63) is 84.2 Å². The highest BCUT2D eigenvalue weighted by Crippen LogP contribution is 2.48. The standard InChI is InChI=1S/C23H17FN4OS3/c24-16-11-9-15(10-12-16)13-25-22-26-27-23(32-22)30-14-21(29)28-17-5-1-3-7-19(17)31-20-8-4-2-6-18(20)28/h1-12H,13-14H2,(H,25,26). The number of nitrogens with zero attached hydrogens (tertiary/aromatic N) is 3. The molecule has 0 saturated heterocycles. The molecule has 0 unspecified atom stereocenters. The van der Waals surface area contributed by atoms with Gasteiger partial charge in [0, 0.05) is 16.3 Å². The third-order valence-electron chi connectivity index (χ3n) is 4.76. The molecule has 1 amide bonds. The smallest absolute Gasteiger partial charge is 0.242 e. The summed E-state index contributed by atoms with van der Waals surface area (Å²) >= 11 is 4.44. The van der Waals surface area contributed by atoms with Crippen LogP contribution < -0.4 is 10.2 Å². The van der Waals surface area contributed by atoms with E-state index in [4.69, 9.17) is 0 Å². The van der Waals surface area contributed by atoms with Crippen LogP contribution in [-0.2, 0) is 11.3 Å². The molecule has 0 atom stereocenters. The predicted molar refractivity (Wildman–Crippen MR) is 129 cm³/mol. The van der Waals surface area contributed by atoms with Crippen molar-refractivity contribution in [2.24, 2.45) is 0 Å². The van der Waals surface area contributed by atoms with Crippen LogP contribution in [-0.4, -0.2) is 21.9 Å². The van der Waals surface area contributed by atoms with E-state index in [1.54, 1.807) is 28.8 Å². The van der Waals surface area contributed by atoms with Gasteiger partial charge < -0.3 is 5.32 Å². The highest BCUT2D eigenvalue weighted by atomic mass is 32.2. The van der Waals surface area contributed by atoms with Crippen LogP contribution in [0.25, 0.3) is 0 Å². The quantitative estimate of drug-likeness (QED) is 0.331. The summed E-state index contributed by atoms with van der Waals surface area (Å²) in [6, 6.07) is 22.2. The number of hydrogen-bond acceptors (Lipinski definition) is 7. The molecular weight excluding hydrogens is 463 g/mol. The number of carbonyl (C=O) groups is 1. The van der Waals surface area contributed by atoms with Gasteiger partial charge in [-0.15, -0.1) is 10.2 Å². The van der Waals surface area contributed by atoms with Crippen LogP contribution in [0.1, 0.15) is 5.56 Å². The van der Waals surface area contributed by atoms with E-state index in [9.17, 15) is 9.18 Å². The van der Waals surface area contributed by atoms with Gasteiger partial charge >= 0.3 is 0 Å². The number of fused-ring (bicyclic) bond motifs is 2. The maximum absolute atomic E-state index is 13.2. The Hall–Kier alpha value is -2.88. The second kappa shape index (κ2) is 9.32. The third-order valence-corrected chi connectivity index (χ3v) is 7.89. The number of aromatic nitrogens is 2. The van der Waals surface area contributed by atoms with Crippen LogP contribution in [0.2, 0.25) is 0 Å². The largest absolute Gasteiger partial charge is 0.356 e. The molecule has 2 heterocycles. The molecule has 4 aromatic rings. The number of halogens is 1. The summed E-state index contributed by atoms with van der Waals surface area (Å²) in [5, 5.41) is 12.2. The van der Waals surface area contributed by atoms with Crippen molar-refractivity contribution in [2.45, 2.75) is 20.7 Å². The fourth-order valence-electron chi connectivity index (χ4n) is 3.28. The average Bonchev–Trinajstić information content (AvgIpc) is 3.28. The Morgan fingerprint density at radius 2 is 1.59 bits per heavy atom. The van der Waals surface area contributed by atoms with Crippen LogP contribution in [0.4, 0.5) is 20.9 Å². The summed E-state index contributed by atoms with van der Waals surface area (Å²) in [4.78, 5) is 17.2. The van der Waals surface area contributed by atoms with Crippen molar-refractivity contribution in [1.82, 2.24) is 10.2 Å². The molecule has 5 nitrogen and oxygen atoms in total. The SMILES string of the molecule is O=C(CSc1nnc(NCc2ccc(F)cc2)s1)N1c2ccccc2Sc2ccccc21. The average molecular weight is 481 g/mol. The fraction of sp³-hybridized carbons (Fsp3) is 0.0870. The van der Waals surface area contributed by atoms with Gasteiger partial charge in [0.2, 0.25) is 11.0 Å². The van der Waals surface area contributed by atoms with Crippen LogP contribution in [0.5, 0.6) is 0 Å². The highest BCUT2D eigenvalue weighted by molar-refractivity contribution is 8.01. The zero-order valence-corrected chi connectivity index (χ0v) is 19.1. The Bertz CT molecular complexity index is 1220. The highest BCUT2D eigenvalue weighted by Gasteiger charge is 2.27. The van der Waals surface area contributed by atoms with Crippen LogP contribution >= 0.6 is 34.9 Å². The molecule has 0 fully saturated rings. The molecule has 0 radical (unpaired) electrons. The number of benzene rings is 3. The minimum atomic E-state index is -0.259. The summed E-state index contributed by atoms with van der Waals surface area (Å²) < 4.78 is 13.7. The van der Waals surface area contributed by atoms with Crippen molar-refractivity contribution in [3.8, 4) is 0 Å². The van der Waals surface area contributed by atoms with E-state index in [1.165, 1.54) is 35.2 Å². The molecular formula is C23H17FN4OS3. The van der Waals surface area contributed by atoms with Crippen LogP contribution in [0.3, 0.4) is 0 Å². The summed E-state index contributed by atoms with van der Waals surface area (Å²) in [6.45, 7) is 0.525. The van der Waals surface area contributed by atoms with Gasteiger partial charge in [-0.1, -0.05) is 71.3 Å². The maximum atomic E-state index is 13.2. The van der Waals surface area contributed by atoms with Gasteiger partial charge in [-0.25, -0.2) is 4.39 Å². The molecule has 1 N–H and O–H groups in total. The maximum Gasteiger partial charge on any atom is 0.242 e. The molecule has 0 saturated carbocycles. The monoisotopic (exact) mass is 480 g/mol. The minimum Gasteiger partial charge on any atom is -0.356 e. The summed E-state index contributed by atoms with van der Waals surface area (Å²) in [7, 11) is 0. The Labute approximate surface area is 197 Å². The summed E-state index contributed by atoms with van der Waals surface area (Å²) in [6.07, 6.45) is 0. The molecule has 1 aliphatic heterocycles. The Balaban J connectivity index is 1.25. The molecule has 0 spiro atoms. The topological polar surface area (TPSA) is 58.1 Å². The predicted octanol–water partition coefficient (Wildman–Crippen LogP) is 6.21. The molecule has 1 aliphatic rings. The number of thioether (sulfide) groups is 1. The first kappa shape index (κ1) is 21.0. The van der Waals surface area contributed by atoms with Crippen molar-refractivity contribution in [1.29, 1.82) is 0 Å². The fourth-order valence-corrected chi connectivity index (χ4v) is 5.94. The van der Waals surface area contributed by atoms with E-state index < -0.39 is 0 Å². The number of carbonyl (C=O) groups excluding carboxylic acids is 1. The lowest BCUT2D eigenvalue weighted by Gasteiger charge is -2.30. The lowest BCUT2D eigenvalue weighted by atomic mass is 10.2. The van der Waals surface area contributed by atoms with E-state index in [-0.39, 0.29) is 17.5 Å². The number of anilines is 3. The molecule has 5 rings (SSSR count). The first-order valence-electron chi connectivity index (χ1n) is 9.81. The second-order valence-electron chi connectivity index (χ2n) is 6.91.